The van der Waals surface area contributed by atoms with Crippen LogP contribution < -0.4 is 0 Å². The van der Waals surface area contributed by atoms with Crippen LogP contribution in [0.25, 0.3) is 5.76 Å². The molecule has 1 aliphatic rings. The van der Waals surface area contributed by atoms with E-state index in [0.29, 0.717) is 5.76 Å². The molecular weight excluding hydrogens is 212 g/mol. The van der Waals surface area contributed by atoms with Gasteiger partial charge >= 0.3 is 0 Å². The SMILES string of the molecule is CC1(CCl)OC(c2ccccc2)=CC1=O. The first-order valence-electron chi connectivity index (χ1n) is 4.72. The van der Waals surface area contributed by atoms with E-state index in [2.05, 4.69) is 0 Å². The highest BCUT2D eigenvalue weighted by Gasteiger charge is 2.39. The minimum atomic E-state index is -0.896. The molecule has 2 nitrogen and oxygen atoms in total. The zero-order chi connectivity index (χ0) is 10.9. The third-order valence-corrected chi connectivity index (χ3v) is 2.94. The number of hydrogen-bond donors (Lipinski definition) is 0. The number of carbonyl (C=O) groups excluding carboxylic acids is 1. The second kappa shape index (κ2) is 3.70. The Kier molecular flexibility index (Phi) is 2.53. The zero-order valence-electron chi connectivity index (χ0n) is 8.37. The second-order valence-electron chi connectivity index (χ2n) is 3.71. The van der Waals surface area contributed by atoms with E-state index in [0.717, 1.165) is 5.56 Å². The number of ether oxygens (including phenoxy) is 1. The zero-order valence-corrected chi connectivity index (χ0v) is 9.12. The van der Waals surface area contributed by atoms with Crippen LogP contribution in [0.2, 0.25) is 0 Å². The Labute approximate surface area is 93.5 Å². The van der Waals surface area contributed by atoms with Gasteiger partial charge in [0.1, 0.15) is 5.76 Å². The quantitative estimate of drug-likeness (QED) is 0.719. The van der Waals surface area contributed by atoms with Gasteiger partial charge in [-0.1, -0.05) is 30.3 Å². The van der Waals surface area contributed by atoms with Crippen molar-refractivity contribution in [3.8, 4) is 0 Å². The van der Waals surface area contributed by atoms with Gasteiger partial charge in [0.2, 0.25) is 5.78 Å². The van der Waals surface area contributed by atoms with E-state index in [9.17, 15) is 4.79 Å². The molecule has 0 saturated carbocycles. The van der Waals surface area contributed by atoms with E-state index in [1.165, 1.54) is 6.08 Å². The van der Waals surface area contributed by atoms with Crippen LogP contribution in [0.1, 0.15) is 12.5 Å². The average Bonchev–Trinajstić information content (AvgIpc) is 2.58. The molecule has 3 heteroatoms. The minimum Gasteiger partial charge on any atom is -0.477 e. The predicted molar refractivity (Wildman–Crippen MR) is 59.6 cm³/mol. The van der Waals surface area contributed by atoms with Crippen molar-refractivity contribution >= 4 is 23.1 Å². The molecule has 0 amide bonds. The molecule has 0 N–H and O–H groups in total. The highest BCUT2D eigenvalue weighted by molar-refractivity contribution is 6.22. The van der Waals surface area contributed by atoms with Crippen LogP contribution in [0.15, 0.2) is 36.4 Å². The molecule has 1 aromatic carbocycles. The van der Waals surface area contributed by atoms with Gasteiger partial charge in [-0.3, -0.25) is 4.79 Å². The Morgan fingerprint density at radius 2 is 2.00 bits per heavy atom. The third-order valence-electron chi connectivity index (χ3n) is 2.43. The van der Waals surface area contributed by atoms with Crippen molar-refractivity contribution in [3.05, 3.63) is 42.0 Å². The molecule has 0 fully saturated rings. The van der Waals surface area contributed by atoms with Gasteiger partial charge in [-0.15, -0.1) is 11.6 Å². The Morgan fingerprint density at radius 1 is 1.33 bits per heavy atom. The van der Waals surface area contributed by atoms with Crippen molar-refractivity contribution in [2.45, 2.75) is 12.5 Å². The summed E-state index contributed by atoms with van der Waals surface area (Å²) in [5.41, 5.74) is 0.00639. The van der Waals surface area contributed by atoms with Crippen molar-refractivity contribution in [3.63, 3.8) is 0 Å². The largest absolute Gasteiger partial charge is 0.477 e. The lowest BCUT2D eigenvalue weighted by Gasteiger charge is -2.20. The molecule has 1 aliphatic heterocycles. The van der Waals surface area contributed by atoms with E-state index >= 15 is 0 Å². The topological polar surface area (TPSA) is 26.3 Å². The highest BCUT2D eigenvalue weighted by Crippen LogP contribution is 2.31. The summed E-state index contributed by atoms with van der Waals surface area (Å²) in [6, 6.07) is 9.53. The maximum absolute atomic E-state index is 11.6. The van der Waals surface area contributed by atoms with E-state index in [1.807, 2.05) is 30.3 Å². The van der Waals surface area contributed by atoms with Crippen LogP contribution in [0.4, 0.5) is 0 Å². The number of hydrogen-bond acceptors (Lipinski definition) is 2. The van der Waals surface area contributed by atoms with Crippen LogP contribution in [-0.4, -0.2) is 17.3 Å². The standard InChI is InChI=1S/C12H11ClO2/c1-12(8-13)11(14)7-10(15-12)9-5-3-2-4-6-9/h2-7H,8H2,1H3. The number of carbonyl (C=O) groups is 1. The summed E-state index contributed by atoms with van der Waals surface area (Å²) in [7, 11) is 0. The number of ketones is 1. The van der Waals surface area contributed by atoms with Crippen LogP contribution in [0, 0.1) is 0 Å². The molecule has 0 aromatic heterocycles. The molecule has 15 heavy (non-hydrogen) atoms. The van der Waals surface area contributed by atoms with Crippen LogP contribution in [0.5, 0.6) is 0 Å². The van der Waals surface area contributed by atoms with Crippen molar-refractivity contribution in [2.75, 3.05) is 5.88 Å². The molecule has 0 spiro atoms. The van der Waals surface area contributed by atoms with Gasteiger partial charge in [-0.2, -0.15) is 0 Å². The van der Waals surface area contributed by atoms with Gasteiger partial charge in [-0.25, -0.2) is 0 Å². The molecule has 0 aliphatic carbocycles. The predicted octanol–water partition coefficient (Wildman–Crippen LogP) is 2.62. The molecule has 1 unspecified atom stereocenters. The number of benzene rings is 1. The first-order chi connectivity index (χ1) is 7.15. The molecule has 1 heterocycles. The Hall–Kier alpha value is -1.28. The molecule has 78 valence electrons. The summed E-state index contributed by atoms with van der Waals surface area (Å²) >= 11 is 5.72. The summed E-state index contributed by atoms with van der Waals surface area (Å²) in [6.45, 7) is 1.70. The van der Waals surface area contributed by atoms with E-state index < -0.39 is 5.60 Å². The van der Waals surface area contributed by atoms with Crippen molar-refractivity contribution < 1.29 is 9.53 Å². The lowest BCUT2D eigenvalue weighted by molar-refractivity contribution is -0.125. The normalized spacial score (nSPS) is 24.9. The highest BCUT2D eigenvalue weighted by atomic mass is 35.5. The fourth-order valence-electron chi connectivity index (χ4n) is 1.43. The molecule has 0 saturated heterocycles. The maximum Gasteiger partial charge on any atom is 0.203 e. The van der Waals surface area contributed by atoms with Gasteiger partial charge in [-0.05, 0) is 6.92 Å². The monoisotopic (exact) mass is 222 g/mol. The third kappa shape index (κ3) is 1.77. The molecule has 0 bridgehead atoms. The molecule has 2 rings (SSSR count). The molecule has 0 radical (unpaired) electrons. The molecule has 1 atom stereocenters. The first kappa shape index (κ1) is 10.2. The van der Waals surface area contributed by atoms with E-state index in [1.54, 1.807) is 6.92 Å². The number of halogens is 1. The van der Waals surface area contributed by atoms with Gasteiger partial charge < -0.3 is 4.74 Å². The van der Waals surface area contributed by atoms with Crippen molar-refractivity contribution in [1.29, 1.82) is 0 Å². The molecule has 1 aromatic rings. The lowest BCUT2D eigenvalue weighted by atomic mass is 10.1. The van der Waals surface area contributed by atoms with Gasteiger partial charge in [0.15, 0.2) is 5.60 Å². The summed E-state index contributed by atoms with van der Waals surface area (Å²) in [4.78, 5) is 11.6. The fourth-order valence-corrected chi connectivity index (χ4v) is 1.62. The Balaban J connectivity index is 2.30. The van der Waals surface area contributed by atoms with Crippen LogP contribution in [0.3, 0.4) is 0 Å². The van der Waals surface area contributed by atoms with Gasteiger partial charge in [0, 0.05) is 11.6 Å². The number of alkyl halides is 1. The van der Waals surface area contributed by atoms with E-state index in [-0.39, 0.29) is 11.7 Å². The Morgan fingerprint density at radius 3 is 2.53 bits per heavy atom. The average molecular weight is 223 g/mol. The van der Waals surface area contributed by atoms with Crippen molar-refractivity contribution in [1.82, 2.24) is 0 Å². The minimum absolute atomic E-state index is 0.0728. The maximum atomic E-state index is 11.6. The van der Waals surface area contributed by atoms with E-state index in [4.69, 9.17) is 16.3 Å². The smallest absolute Gasteiger partial charge is 0.203 e. The molecular formula is C12H11ClO2. The summed E-state index contributed by atoms with van der Waals surface area (Å²) < 4.78 is 5.58. The fraction of sp³-hybridized carbons (Fsp3) is 0.250. The second-order valence-corrected chi connectivity index (χ2v) is 3.97. The van der Waals surface area contributed by atoms with Crippen molar-refractivity contribution in [2.24, 2.45) is 0 Å². The van der Waals surface area contributed by atoms with Crippen LogP contribution in [-0.2, 0) is 9.53 Å². The summed E-state index contributed by atoms with van der Waals surface area (Å²) in [5.74, 6) is 0.693. The lowest BCUT2D eigenvalue weighted by Crippen LogP contribution is -2.34. The summed E-state index contributed by atoms with van der Waals surface area (Å²) in [6.07, 6.45) is 1.51. The summed E-state index contributed by atoms with van der Waals surface area (Å²) in [5, 5.41) is 0. The first-order valence-corrected chi connectivity index (χ1v) is 5.26. The van der Waals surface area contributed by atoms with Gasteiger partial charge in [0.05, 0.1) is 5.88 Å². The van der Waals surface area contributed by atoms with Gasteiger partial charge in [0.25, 0.3) is 0 Å². The number of rotatable bonds is 2. The Bertz CT molecular complexity index is 411. The van der Waals surface area contributed by atoms with Crippen LogP contribution >= 0.6 is 11.6 Å².